The van der Waals surface area contributed by atoms with Gasteiger partial charge in [-0.2, -0.15) is 5.10 Å². The number of hydrogen-bond acceptors (Lipinski definition) is 4. The first-order valence-electron chi connectivity index (χ1n) is 6.62. The van der Waals surface area contributed by atoms with E-state index >= 15 is 0 Å². The molecule has 1 aromatic heterocycles. The molecule has 6 nitrogen and oxygen atoms in total. The van der Waals surface area contributed by atoms with Crippen molar-refractivity contribution in [1.29, 1.82) is 0 Å². The highest BCUT2D eigenvalue weighted by atomic mass is 79.9. The van der Waals surface area contributed by atoms with E-state index in [9.17, 15) is 9.90 Å². The van der Waals surface area contributed by atoms with Crippen LogP contribution in [0.3, 0.4) is 0 Å². The molecule has 2 rings (SSSR count). The minimum atomic E-state index is -0.516. The van der Waals surface area contributed by atoms with Crippen molar-refractivity contribution in [2.24, 2.45) is 0 Å². The Hall–Kier alpha value is -1.08. The highest BCUT2D eigenvalue weighted by Crippen LogP contribution is 2.24. The highest BCUT2D eigenvalue weighted by Gasteiger charge is 2.33. The molecule has 0 radical (unpaired) electrons. The first-order chi connectivity index (χ1) is 9.26. The average molecular weight is 346 g/mol. The van der Waals surface area contributed by atoms with Gasteiger partial charge in [-0.05, 0) is 43.1 Å². The van der Waals surface area contributed by atoms with Crippen molar-refractivity contribution < 1.29 is 14.6 Å². The van der Waals surface area contributed by atoms with Gasteiger partial charge in [-0.15, -0.1) is 0 Å². The number of likely N-dealkylation sites (tertiary alicyclic amines) is 1. The Morgan fingerprint density at radius 1 is 1.55 bits per heavy atom. The van der Waals surface area contributed by atoms with E-state index in [1.54, 1.807) is 22.0 Å². The molecule has 1 fully saturated rings. The van der Waals surface area contributed by atoms with Gasteiger partial charge >= 0.3 is 6.09 Å². The second-order valence-corrected chi connectivity index (χ2v) is 6.90. The molecule has 0 saturated carbocycles. The number of aromatic nitrogens is 2. The summed E-state index contributed by atoms with van der Waals surface area (Å²) in [5, 5.41) is 14.3. The quantitative estimate of drug-likeness (QED) is 0.847. The van der Waals surface area contributed by atoms with Crippen molar-refractivity contribution in [2.75, 3.05) is 13.1 Å². The molecule has 0 aromatic carbocycles. The van der Waals surface area contributed by atoms with E-state index in [0.29, 0.717) is 19.5 Å². The lowest BCUT2D eigenvalue weighted by Crippen LogP contribution is -2.48. The number of piperidine rings is 1. The van der Waals surface area contributed by atoms with Gasteiger partial charge in [0.1, 0.15) is 5.60 Å². The highest BCUT2D eigenvalue weighted by molar-refractivity contribution is 9.10. The number of aliphatic hydroxyl groups excluding tert-OH is 1. The molecule has 20 heavy (non-hydrogen) atoms. The summed E-state index contributed by atoms with van der Waals surface area (Å²) in [6.07, 6.45) is 3.12. The van der Waals surface area contributed by atoms with Crippen molar-refractivity contribution in [2.45, 2.75) is 44.9 Å². The predicted molar refractivity (Wildman–Crippen MR) is 77.4 cm³/mol. The van der Waals surface area contributed by atoms with Crippen LogP contribution in [-0.2, 0) is 4.74 Å². The topological polar surface area (TPSA) is 67.6 Å². The lowest BCUT2D eigenvalue weighted by molar-refractivity contribution is -0.00747. The largest absolute Gasteiger partial charge is 0.444 e. The third kappa shape index (κ3) is 3.73. The fraction of sp³-hybridized carbons (Fsp3) is 0.692. The molecular weight excluding hydrogens is 326 g/mol. The summed E-state index contributed by atoms with van der Waals surface area (Å²) in [4.78, 5) is 13.7. The van der Waals surface area contributed by atoms with Gasteiger partial charge < -0.3 is 14.7 Å². The number of nitrogens with zero attached hydrogens (tertiary/aromatic N) is 3. The standard InChI is InChI=1S/C13H20BrN3O3/c1-13(2,3)20-12(19)16-5-4-11(18)10(8-16)17-7-9(14)6-15-17/h6-7,10-11,18H,4-5,8H2,1-3H3/t10?,11-/m1/s1. The van der Waals surface area contributed by atoms with E-state index in [-0.39, 0.29) is 12.1 Å². The third-order valence-corrected chi connectivity index (χ3v) is 3.52. The molecule has 0 bridgehead atoms. The van der Waals surface area contributed by atoms with Crippen molar-refractivity contribution in [1.82, 2.24) is 14.7 Å². The third-order valence-electron chi connectivity index (χ3n) is 3.11. The number of carbonyl (C=O) groups excluding carboxylic acids is 1. The van der Waals surface area contributed by atoms with Gasteiger partial charge in [0, 0.05) is 19.3 Å². The smallest absolute Gasteiger partial charge is 0.410 e. The van der Waals surface area contributed by atoms with Crippen LogP contribution in [0.4, 0.5) is 4.79 Å². The molecule has 2 atom stereocenters. The zero-order valence-electron chi connectivity index (χ0n) is 11.9. The average Bonchev–Trinajstić information content (AvgIpc) is 2.74. The summed E-state index contributed by atoms with van der Waals surface area (Å²) < 4.78 is 7.90. The Balaban J connectivity index is 2.06. The molecule has 1 aliphatic heterocycles. The second-order valence-electron chi connectivity index (χ2n) is 5.99. The van der Waals surface area contributed by atoms with Crippen LogP contribution in [0, 0.1) is 0 Å². The van der Waals surface area contributed by atoms with Gasteiger partial charge in [-0.3, -0.25) is 4.68 Å². The number of amides is 1. The molecule has 112 valence electrons. The minimum absolute atomic E-state index is 0.248. The maximum atomic E-state index is 12.1. The van der Waals surface area contributed by atoms with Crippen molar-refractivity contribution in [3.8, 4) is 0 Å². The molecular formula is C13H20BrN3O3. The molecule has 1 unspecified atom stereocenters. The lowest BCUT2D eigenvalue weighted by Gasteiger charge is -2.36. The monoisotopic (exact) mass is 345 g/mol. The molecule has 2 heterocycles. The SMILES string of the molecule is CC(C)(C)OC(=O)N1CC[C@@H](O)C(n2cc(Br)cn2)C1. The van der Waals surface area contributed by atoms with E-state index in [1.807, 2.05) is 20.8 Å². The van der Waals surface area contributed by atoms with Gasteiger partial charge in [0.25, 0.3) is 0 Å². The molecule has 1 amide bonds. The molecule has 7 heteroatoms. The Bertz CT molecular complexity index is 483. The van der Waals surface area contributed by atoms with E-state index in [1.165, 1.54) is 0 Å². The lowest BCUT2D eigenvalue weighted by atomic mass is 10.0. The zero-order valence-corrected chi connectivity index (χ0v) is 13.5. The van der Waals surface area contributed by atoms with Crippen LogP contribution < -0.4 is 0 Å². The fourth-order valence-electron chi connectivity index (χ4n) is 2.17. The van der Waals surface area contributed by atoms with E-state index in [4.69, 9.17) is 4.74 Å². The Labute approximate surface area is 126 Å². The van der Waals surface area contributed by atoms with Crippen LogP contribution in [0.1, 0.15) is 33.2 Å². The summed E-state index contributed by atoms with van der Waals surface area (Å²) in [6.45, 7) is 6.41. The normalized spacial score (nSPS) is 23.8. The van der Waals surface area contributed by atoms with Crippen LogP contribution in [0.15, 0.2) is 16.9 Å². The van der Waals surface area contributed by atoms with Crippen LogP contribution >= 0.6 is 15.9 Å². The van der Waals surface area contributed by atoms with Crippen LogP contribution in [-0.4, -0.2) is 50.7 Å². The summed E-state index contributed by atoms with van der Waals surface area (Å²) in [5.41, 5.74) is -0.516. The summed E-state index contributed by atoms with van der Waals surface area (Å²) in [7, 11) is 0. The van der Waals surface area contributed by atoms with E-state index in [0.717, 1.165) is 4.47 Å². The van der Waals surface area contributed by atoms with Crippen LogP contribution in [0.25, 0.3) is 0 Å². The molecule has 0 spiro atoms. The van der Waals surface area contributed by atoms with Crippen molar-refractivity contribution in [3.63, 3.8) is 0 Å². The first kappa shape index (κ1) is 15.3. The van der Waals surface area contributed by atoms with Gasteiger partial charge in [-0.1, -0.05) is 0 Å². The molecule has 0 aliphatic carbocycles. The van der Waals surface area contributed by atoms with Crippen molar-refractivity contribution in [3.05, 3.63) is 16.9 Å². The van der Waals surface area contributed by atoms with E-state index < -0.39 is 11.7 Å². The number of halogens is 1. The Morgan fingerprint density at radius 2 is 2.25 bits per heavy atom. The number of rotatable bonds is 1. The number of aliphatic hydroxyl groups is 1. The maximum absolute atomic E-state index is 12.1. The van der Waals surface area contributed by atoms with Gasteiger partial charge in [0.15, 0.2) is 0 Å². The van der Waals surface area contributed by atoms with Crippen LogP contribution in [0.2, 0.25) is 0 Å². The predicted octanol–water partition coefficient (Wildman–Crippen LogP) is 2.19. The summed E-state index contributed by atoms with van der Waals surface area (Å²) in [6, 6.07) is -0.248. The van der Waals surface area contributed by atoms with Gasteiger partial charge in [-0.25, -0.2) is 4.79 Å². The van der Waals surface area contributed by atoms with Gasteiger partial charge in [0.05, 0.1) is 22.8 Å². The summed E-state index contributed by atoms with van der Waals surface area (Å²) in [5.74, 6) is 0. The molecule has 1 N–H and O–H groups in total. The second kappa shape index (κ2) is 5.73. The van der Waals surface area contributed by atoms with E-state index in [2.05, 4.69) is 21.0 Å². The number of hydrogen-bond donors (Lipinski definition) is 1. The number of ether oxygens (including phenoxy) is 1. The Kier molecular flexibility index (Phi) is 4.39. The van der Waals surface area contributed by atoms with Crippen LogP contribution in [0.5, 0.6) is 0 Å². The molecule has 1 aliphatic rings. The first-order valence-corrected chi connectivity index (χ1v) is 7.41. The Morgan fingerprint density at radius 3 is 2.80 bits per heavy atom. The fourth-order valence-corrected chi connectivity index (χ4v) is 2.47. The minimum Gasteiger partial charge on any atom is -0.444 e. The molecule has 1 aromatic rings. The summed E-state index contributed by atoms with van der Waals surface area (Å²) >= 11 is 3.33. The number of carbonyl (C=O) groups is 1. The van der Waals surface area contributed by atoms with Crippen molar-refractivity contribution >= 4 is 22.0 Å². The van der Waals surface area contributed by atoms with Gasteiger partial charge in [0.2, 0.25) is 0 Å². The molecule has 1 saturated heterocycles. The zero-order chi connectivity index (χ0) is 14.9. The maximum Gasteiger partial charge on any atom is 0.410 e.